The summed E-state index contributed by atoms with van der Waals surface area (Å²) in [6.45, 7) is 1.39. The Morgan fingerprint density at radius 3 is 2.52 bits per heavy atom. The van der Waals surface area contributed by atoms with Gasteiger partial charge in [0.15, 0.2) is 9.84 Å². The quantitative estimate of drug-likeness (QED) is 0.439. The number of benzene rings is 2. The van der Waals surface area contributed by atoms with Gasteiger partial charge in [-0.1, -0.05) is 6.92 Å². The van der Waals surface area contributed by atoms with Crippen molar-refractivity contribution in [3.63, 3.8) is 0 Å². The molecule has 0 saturated heterocycles. The number of alkyl halides is 3. The molecule has 3 aromatic rings. The van der Waals surface area contributed by atoms with Gasteiger partial charge in [-0.2, -0.15) is 13.2 Å². The first kappa shape index (κ1) is 21.2. The fraction of sp³-hybridized carbons (Fsp3) is 0.176. The van der Waals surface area contributed by atoms with E-state index in [-0.39, 0.29) is 31.7 Å². The molecule has 12 heteroatoms. The Labute approximate surface area is 170 Å². The average Bonchev–Trinajstić information content (AvgIpc) is 2.63. The Kier molecular flexibility index (Phi) is 5.43. The molecule has 0 saturated carbocycles. The number of halogens is 5. The standard InChI is InChI=1S/C17H12BrF4N3O3S/c1-2-29(27,28)14-4-3-10(19)7-13(14)24-25-8-23-15-11(16(25)26)5-9(6-12(15)18)17(20,21)22/h3-8,24H,2H2,1H3. The molecule has 1 N–H and O–H groups in total. The minimum absolute atomic E-state index is 0.0123. The first-order valence-corrected chi connectivity index (χ1v) is 10.5. The second-order valence-corrected chi connectivity index (χ2v) is 9.03. The van der Waals surface area contributed by atoms with Crippen LogP contribution in [0.25, 0.3) is 10.9 Å². The van der Waals surface area contributed by atoms with Crippen molar-refractivity contribution in [3.8, 4) is 0 Å². The third-order valence-electron chi connectivity index (χ3n) is 4.04. The van der Waals surface area contributed by atoms with E-state index in [1.54, 1.807) is 0 Å². The van der Waals surface area contributed by atoms with E-state index >= 15 is 0 Å². The Balaban J connectivity index is 2.20. The summed E-state index contributed by atoms with van der Waals surface area (Å²) in [6.07, 6.45) is -3.72. The van der Waals surface area contributed by atoms with Gasteiger partial charge in [-0.05, 0) is 40.2 Å². The minimum Gasteiger partial charge on any atom is -0.289 e. The summed E-state index contributed by atoms with van der Waals surface area (Å²) in [5.74, 6) is -1.05. The lowest BCUT2D eigenvalue weighted by Gasteiger charge is -2.15. The predicted octanol–water partition coefficient (Wildman–Crippen LogP) is 3.99. The summed E-state index contributed by atoms with van der Waals surface area (Å²) in [5.41, 5.74) is 0.170. The SMILES string of the molecule is CCS(=O)(=O)c1ccc(F)cc1Nn1cnc2c(Br)cc(C(F)(F)F)cc2c1=O. The topological polar surface area (TPSA) is 81.1 Å². The van der Waals surface area contributed by atoms with Crippen molar-refractivity contribution in [2.24, 2.45) is 0 Å². The second-order valence-electron chi connectivity index (χ2n) is 5.93. The van der Waals surface area contributed by atoms with Crippen molar-refractivity contribution < 1.29 is 26.0 Å². The average molecular weight is 494 g/mol. The van der Waals surface area contributed by atoms with Crippen LogP contribution in [-0.4, -0.2) is 23.8 Å². The van der Waals surface area contributed by atoms with Crippen LogP contribution in [-0.2, 0) is 16.0 Å². The van der Waals surface area contributed by atoms with E-state index < -0.39 is 33.0 Å². The molecular formula is C17H12BrF4N3O3S. The molecule has 0 amide bonds. The van der Waals surface area contributed by atoms with E-state index in [2.05, 4.69) is 26.3 Å². The van der Waals surface area contributed by atoms with E-state index in [1.807, 2.05) is 0 Å². The molecule has 1 aromatic heterocycles. The lowest BCUT2D eigenvalue weighted by atomic mass is 10.1. The summed E-state index contributed by atoms with van der Waals surface area (Å²) in [7, 11) is -3.78. The van der Waals surface area contributed by atoms with Crippen LogP contribution in [0, 0.1) is 5.82 Å². The van der Waals surface area contributed by atoms with Gasteiger partial charge in [-0.15, -0.1) is 0 Å². The molecule has 0 fully saturated rings. The van der Waals surface area contributed by atoms with Crippen LogP contribution in [0.4, 0.5) is 23.2 Å². The van der Waals surface area contributed by atoms with Gasteiger partial charge in [0, 0.05) is 10.5 Å². The number of aromatic nitrogens is 2. The Morgan fingerprint density at radius 2 is 1.90 bits per heavy atom. The number of nitrogens with one attached hydrogen (secondary N) is 1. The van der Waals surface area contributed by atoms with Crippen molar-refractivity contribution in [1.29, 1.82) is 0 Å². The van der Waals surface area contributed by atoms with Crippen molar-refractivity contribution in [2.45, 2.75) is 18.0 Å². The van der Waals surface area contributed by atoms with Crippen LogP contribution in [0.5, 0.6) is 0 Å². The monoisotopic (exact) mass is 493 g/mol. The van der Waals surface area contributed by atoms with E-state index in [9.17, 15) is 30.8 Å². The second kappa shape index (κ2) is 7.41. The largest absolute Gasteiger partial charge is 0.416 e. The lowest BCUT2D eigenvalue weighted by molar-refractivity contribution is -0.137. The number of anilines is 1. The third-order valence-corrected chi connectivity index (χ3v) is 6.43. The lowest BCUT2D eigenvalue weighted by Crippen LogP contribution is -2.28. The number of hydrogen-bond acceptors (Lipinski definition) is 5. The maximum atomic E-state index is 13.7. The third kappa shape index (κ3) is 4.13. The minimum atomic E-state index is -4.69. The number of nitrogens with zero attached hydrogens (tertiary/aromatic N) is 2. The van der Waals surface area contributed by atoms with Crippen LogP contribution in [0.15, 0.2) is 50.8 Å². The Bertz CT molecular complexity index is 1270. The van der Waals surface area contributed by atoms with Gasteiger partial charge in [-0.3, -0.25) is 10.2 Å². The van der Waals surface area contributed by atoms with E-state index in [4.69, 9.17) is 0 Å². The van der Waals surface area contributed by atoms with Gasteiger partial charge in [0.1, 0.15) is 12.1 Å². The van der Waals surface area contributed by atoms with Gasteiger partial charge >= 0.3 is 6.18 Å². The molecule has 0 unspecified atom stereocenters. The van der Waals surface area contributed by atoms with Crippen molar-refractivity contribution in [2.75, 3.05) is 11.2 Å². The van der Waals surface area contributed by atoms with Crippen LogP contribution in [0.3, 0.4) is 0 Å². The summed E-state index contributed by atoms with van der Waals surface area (Å²) in [4.78, 5) is 16.4. The molecule has 2 aromatic carbocycles. The van der Waals surface area contributed by atoms with Gasteiger partial charge in [-0.25, -0.2) is 22.5 Å². The highest BCUT2D eigenvalue weighted by atomic mass is 79.9. The van der Waals surface area contributed by atoms with Gasteiger partial charge in [0.2, 0.25) is 0 Å². The van der Waals surface area contributed by atoms with Gasteiger partial charge < -0.3 is 0 Å². The van der Waals surface area contributed by atoms with Gasteiger partial charge in [0.05, 0.1) is 32.8 Å². The zero-order valence-electron chi connectivity index (χ0n) is 14.6. The van der Waals surface area contributed by atoms with Crippen molar-refractivity contribution in [1.82, 2.24) is 9.66 Å². The number of sulfone groups is 1. The fourth-order valence-electron chi connectivity index (χ4n) is 2.58. The zero-order chi connectivity index (χ0) is 21.6. The molecular weight excluding hydrogens is 482 g/mol. The smallest absolute Gasteiger partial charge is 0.289 e. The number of hydrogen-bond donors (Lipinski definition) is 1. The molecule has 1 heterocycles. The van der Waals surface area contributed by atoms with Crippen LogP contribution >= 0.6 is 15.9 Å². The highest BCUT2D eigenvalue weighted by Crippen LogP contribution is 2.33. The predicted molar refractivity (Wildman–Crippen MR) is 102 cm³/mol. The summed E-state index contributed by atoms with van der Waals surface area (Å²) in [6, 6.07) is 4.28. The number of rotatable bonds is 4. The van der Waals surface area contributed by atoms with Crippen LogP contribution < -0.4 is 11.0 Å². The summed E-state index contributed by atoms with van der Waals surface area (Å²) >= 11 is 2.96. The van der Waals surface area contributed by atoms with Crippen molar-refractivity contribution >= 4 is 42.4 Å². The molecule has 0 radical (unpaired) electrons. The first-order valence-electron chi connectivity index (χ1n) is 8.01. The molecule has 0 spiro atoms. The number of fused-ring (bicyclic) bond motifs is 1. The van der Waals surface area contributed by atoms with E-state index in [0.29, 0.717) is 10.7 Å². The maximum Gasteiger partial charge on any atom is 0.416 e. The summed E-state index contributed by atoms with van der Waals surface area (Å²) in [5, 5.41) is -0.363. The molecule has 3 rings (SSSR count). The zero-order valence-corrected chi connectivity index (χ0v) is 17.0. The van der Waals surface area contributed by atoms with E-state index in [1.165, 1.54) is 6.92 Å². The van der Waals surface area contributed by atoms with Crippen LogP contribution in [0.1, 0.15) is 12.5 Å². The Morgan fingerprint density at radius 1 is 1.21 bits per heavy atom. The maximum absolute atomic E-state index is 13.7. The molecule has 0 atom stereocenters. The normalized spacial score (nSPS) is 12.3. The molecule has 154 valence electrons. The fourth-order valence-corrected chi connectivity index (χ4v) is 4.17. The molecule has 0 aliphatic rings. The van der Waals surface area contributed by atoms with Crippen molar-refractivity contribution in [3.05, 3.63) is 62.9 Å². The molecule has 0 bridgehead atoms. The molecule has 6 nitrogen and oxygen atoms in total. The molecule has 29 heavy (non-hydrogen) atoms. The molecule has 0 aliphatic heterocycles. The van der Waals surface area contributed by atoms with E-state index in [0.717, 1.165) is 30.6 Å². The van der Waals surface area contributed by atoms with Gasteiger partial charge in [0.25, 0.3) is 5.56 Å². The molecule has 0 aliphatic carbocycles. The highest BCUT2D eigenvalue weighted by molar-refractivity contribution is 9.10. The Hall–Kier alpha value is -2.47. The van der Waals surface area contributed by atoms with Crippen LogP contribution in [0.2, 0.25) is 0 Å². The highest BCUT2D eigenvalue weighted by Gasteiger charge is 2.32. The first-order chi connectivity index (χ1) is 13.4. The summed E-state index contributed by atoms with van der Waals surface area (Å²) < 4.78 is 78.0.